The standard InChI is InChI=1S/C16H19ClN2O3S2/c1-11-10-23-15(18-11)16(7-3-4-8-16)19-24(20,21)12-5-6-14(22-2)13(17)9-12/h5-6,9-10,19H,3-4,7-8H2,1-2H3. The zero-order valence-electron chi connectivity index (χ0n) is 13.5. The van der Waals surface area contributed by atoms with Crippen LogP contribution in [0.3, 0.4) is 0 Å². The predicted molar refractivity (Wildman–Crippen MR) is 95.3 cm³/mol. The minimum atomic E-state index is -3.71. The Morgan fingerprint density at radius 2 is 2.04 bits per heavy atom. The van der Waals surface area contributed by atoms with Crippen LogP contribution in [0, 0.1) is 6.92 Å². The lowest BCUT2D eigenvalue weighted by Crippen LogP contribution is -2.43. The molecule has 1 aliphatic carbocycles. The molecule has 5 nitrogen and oxygen atoms in total. The van der Waals surface area contributed by atoms with Crippen molar-refractivity contribution in [3.63, 3.8) is 0 Å². The van der Waals surface area contributed by atoms with Crippen molar-refractivity contribution in [1.29, 1.82) is 0 Å². The van der Waals surface area contributed by atoms with Crippen molar-refractivity contribution < 1.29 is 13.2 Å². The lowest BCUT2D eigenvalue weighted by Gasteiger charge is -2.28. The molecule has 3 rings (SSSR count). The topological polar surface area (TPSA) is 68.3 Å². The molecule has 0 saturated heterocycles. The molecule has 1 aromatic heterocycles. The molecular weight excluding hydrogens is 368 g/mol. The molecule has 1 N–H and O–H groups in total. The van der Waals surface area contributed by atoms with Crippen LogP contribution in [0.25, 0.3) is 0 Å². The maximum atomic E-state index is 12.9. The number of methoxy groups -OCH3 is 1. The number of aryl methyl sites for hydroxylation is 1. The van der Waals surface area contributed by atoms with Gasteiger partial charge in [0.05, 0.1) is 22.6 Å². The number of aromatic nitrogens is 1. The van der Waals surface area contributed by atoms with Crippen LogP contribution in [0.15, 0.2) is 28.5 Å². The van der Waals surface area contributed by atoms with Gasteiger partial charge in [-0.1, -0.05) is 24.4 Å². The summed E-state index contributed by atoms with van der Waals surface area (Å²) in [7, 11) is -2.22. The summed E-state index contributed by atoms with van der Waals surface area (Å²) >= 11 is 7.59. The maximum absolute atomic E-state index is 12.9. The third-order valence-electron chi connectivity index (χ3n) is 4.25. The molecule has 0 aliphatic heterocycles. The van der Waals surface area contributed by atoms with Crippen LogP contribution in [0.4, 0.5) is 0 Å². The van der Waals surface area contributed by atoms with Crippen molar-refractivity contribution >= 4 is 33.0 Å². The Balaban J connectivity index is 1.96. The third-order valence-corrected chi connectivity index (χ3v) is 7.24. The van der Waals surface area contributed by atoms with Gasteiger partial charge >= 0.3 is 0 Å². The number of thiazole rings is 1. The Labute approximate surface area is 151 Å². The number of hydrogen-bond acceptors (Lipinski definition) is 5. The first-order valence-corrected chi connectivity index (χ1v) is 10.4. The number of nitrogens with zero attached hydrogens (tertiary/aromatic N) is 1. The first kappa shape index (κ1) is 17.7. The summed E-state index contributed by atoms with van der Waals surface area (Å²) in [5, 5.41) is 3.06. The van der Waals surface area contributed by atoms with Gasteiger partial charge in [-0.05, 0) is 38.0 Å². The molecule has 0 unspecified atom stereocenters. The van der Waals surface area contributed by atoms with E-state index in [-0.39, 0.29) is 9.92 Å². The van der Waals surface area contributed by atoms with Crippen molar-refractivity contribution in [2.45, 2.75) is 43.0 Å². The van der Waals surface area contributed by atoms with Gasteiger partial charge in [-0.2, -0.15) is 4.72 Å². The number of ether oxygens (including phenoxy) is 1. The SMILES string of the molecule is COc1ccc(S(=O)(=O)NC2(c3nc(C)cs3)CCCC2)cc1Cl. The van der Waals surface area contributed by atoms with E-state index >= 15 is 0 Å². The van der Waals surface area contributed by atoms with Crippen molar-refractivity contribution in [1.82, 2.24) is 9.71 Å². The number of sulfonamides is 1. The zero-order valence-corrected chi connectivity index (χ0v) is 15.9. The first-order chi connectivity index (χ1) is 11.4. The van der Waals surface area contributed by atoms with Crippen LogP contribution in [-0.4, -0.2) is 20.5 Å². The second-order valence-electron chi connectivity index (χ2n) is 5.99. The summed E-state index contributed by atoms with van der Waals surface area (Å²) in [6, 6.07) is 4.48. The molecule has 0 amide bonds. The quantitative estimate of drug-likeness (QED) is 0.847. The van der Waals surface area contributed by atoms with E-state index in [0.717, 1.165) is 36.4 Å². The molecule has 1 aliphatic rings. The fourth-order valence-electron chi connectivity index (χ4n) is 3.04. The number of rotatable bonds is 5. The highest BCUT2D eigenvalue weighted by Gasteiger charge is 2.42. The van der Waals surface area contributed by atoms with Crippen molar-refractivity contribution in [2.24, 2.45) is 0 Å². The average Bonchev–Trinajstić information content (AvgIpc) is 3.17. The van der Waals surface area contributed by atoms with Gasteiger partial charge in [0.2, 0.25) is 10.0 Å². The normalized spacial score (nSPS) is 17.1. The zero-order chi connectivity index (χ0) is 17.4. The van der Waals surface area contributed by atoms with Crippen molar-refractivity contribution in [3.05, 3.63) is 39.3 Å². The molecule has 2 aromatic rings. The van der Waals surface area contributed by atoms with Crippen LogP contribution in [0.2, 0.25) is 5.02 Å². The van der Waals surface area contributed by atoms with Crippen molar-refractivity contribution in [2.75, 3.05) is 7.11 Å². The maximum Gasteiger partial charge on any atom is 0.241 e. The van der Waals surface area contributed by atoms with Gasteiger partial charge in [-0.15, -0.1) is 11.3 Å². The van der Waals surface area contributed by atoms with Crippen LogP contribution < -0.4 is 9.46 Å². The van der Waals surface area contributed by atoms with Gasteiger partial charge in [0.25, 0.3) is 0 Å². The molecule has 1 heterocycles. The second kappa shape index (κ2) is 6.63. The fourth-order valence-corrected chi connectivity index (χ4v) is 5.89. The third kappa shape index (κ3) is 3.31. The number of halogens is 1. The number of hydrogen-bond donors (Lipinski definition) is 1. The molecule has 0 atom stereocenters. The lowest BCUT2D eigenvalue weighted by atomic mass is 10.0. The average molecular weight is 387 g/mol. The monoisotopic (exact) mass is 386 g/mol. The van der Waals surface area contributed by atoms with E-state index in [1.165, 1.54) is 30.6 Å². The smallest absolute Gasteiger partial charge is 0.241 e. The van der Waals surface area contributed by atoms with Gasteiger partial charge in [0.15, 0.2) is 0 Å². The van der Waals surface area contributed by atoms with Gasteiger partial charge in [0.1, 0.15) is 10.8 Å². The molecule has 0 radical (unpaired) electrons. The van der Waals surface area contributed by atoms with Gasteiger partial charge < -0.3 is 4.74 Å². The summed E-state index contributed by atoms with van der Waals surface area (Å²) < 4.78 is 33.8. The fraction of sp³-hybridized carbons (Fsp3) is 0.438. The van der Waals surface area contributed by atoms with E-state index in [9.17, 15) is 8.42 Å². The lowest BCUT2D eigenvalue weighted by molar-refractivity contribution is 0.401. The number of benzene rings is 1. The second-order valence-corrected chi connectivity index (χ2v) is 8.93. The highest BCUT2D eigenvalue weighted by atomic mass is 35.5. The Hall–Kier alpha value is -1.15. The minimum absolute atomic E-state index is 0.132. The molecule has 1 saturated carbocycles. The predicted octanol–water partition coefficient (Wildman–Crippen LogP) is 3.86. The highest BCUT2D eigenvalue weighted by molar-refractivity contribution is 7.89. The van der Waals surface area contributed by atoms with Gasteiger partial charge in [0, 0.05) is 11.1 Å². The molecule has 0 spiro atoms. The van der Waals surface area contributed by atoms with E-state index in [4.69, 9.17) is 16.3 Å². The Morgan fingerprint density at radius 3 is 2.58 bits per heavy atom. The summed E-state index contributed by atoms with van der Waals surface area (Å²) in [6.07, 6.45) is 3.46. The van der Waals surface area contributed by atoms with Crippen LogP contribution in [-0.2, 0) is 15.6 Å². The van der Waals surface area contributed by atoms with E-state index < -0.39 is 15.6 Å². The van der Waals surface area contributed by atoms with E-state index in [1.807, 2.05) is 12.3 Å². The van der Waals surface area contributed by atoms with Crippen LogP contribution >= 0.6 is 22.9 Å². The van der Waals surface area contributed by atoms with E-state index in [0.29, 0.717) is 5.75 Å². The van der Waals surface area contributed by atoms with Gasteiger partial charge in [-0.3, -0.25) is 0 Å². The molecular formula is C16H19ClN2O3S2. The molecule has 8 heteroatoms. The van der Waals surface area contributed by atoms with Gasteiger partial charge in [-0.25, -0.2) is 13.4 Å². The number of nitrogens with one attached hydrogen (secondary N) is 1. The summed E-state index contributed by atoms with van der Waals surface area (Å²) in [6.45, 7) is 1.92. The van der Waals surface area contributed by atoms with Crippen molar-refractivity contribution in [3.8, 4) is 5.75 Å². The Bertz CT molecular complexity index is 843. The first-order valence-electron chi connectivity index (χ1n) is 7.66. The Morgan fingerprint density at radius 1 is 1.33 bits per heavy atom. The summed E-state index contributed by atoms with van der Waals surface area (Å²) in [5.74, 6) is 0.446. The van der Waals surface area contributed by atoms with E-state index in [1.54, 1.807) is 6.07 Å². The van der Waals surface area contributed by atoms with Crippen LogP contribution in [0.5, 0.6) is 5.75 Å². The highest BCUT2D eigenvalue weighted by Crippen LogP contribution is 2.41. The summed E-state index contributed by atoms with van der Waals surface area (Å²) in [4.78, 5) is 4.67. The molecule has 130 valence electrons. The van der Waals surface area contributed by atoms with Crippen LogP contribution in [0.1, 0.15) is 36.4 Å². The largest absolute Gasteiger partial charge is 0.495 e. The summed E-state index contributed by atoms with van der Waals surface area (Å²) in [5.41, 5.74) is 0.289. The molecule has 1 aromatic carbocycles. The van der Waals surface area contributed by atoms with E-state index in [2.05, 4.69) is 9.71 Å². The molecule has 0 bridgehead atoms. The minimum Gasteiger partial charge on any atom is -0.495 e. The molecule has 1 fully saturated rings. The Kier molecular flexibility index (Phi) is 4.88. The molecule has 24 heavy (non-hydrogen) atoms.